The van der Waals surface area contributed by atoms with Crippen LogP contribution in [0.3, 0.4) is 0 Å². The molecule has 1 fully saturated rings. The van der Waals surface area contributed by atoms with Crippen LogP contribution in [0.4, 0.5) is 13.2 Å². The van der Waals surface area contributed by atoms with Crippen LogP contribution < -0.4 is 10.1 Å². The lowest BCUT2D eigenvalue weighted by molar-refractivity contribution is -0.148. The fourth-order valence-corrected chi connectivity index (χ4v) is 3.49. The molecule has 1 aliphatic rings. The summed E-state index contributed by atoms with van der Waals surface area (Å²) >= 11 is 0. The molecule has 6 nitrogen and oxygen atoms in total. The molecule has 1 atom stereocenters. The lowest BCUT2D eigenvalue weighted by Gasteiger charge is -2.35. The standard InChI is InChI=1S/C19H25F3N4O2/c1-13(14-6-8-26(9-7-14)12-19(20,21)22)23-11-17-24-18(25-28-17)15-4-3-5-16(10-15)27-2/h3-5,10,13-14,23H,6-9,11-12H2,1-2H3. The average molecular weight is 398 g/mol. The monoisotopic (exact) mass is 398 g/mol. The fourth-order valence-electron chi connectivity index (χ4n) is 3.49. The SMILES string of the molecule is COc1cccc(-c2noc(CNC(C)C3CCN(CC(F)(F)F)CC3)n2)c1. The highest BCUT2D eigenvalue weighted by Crippen LogP contribution is 2.25. The number of hydrogen-bond donors (Lipinski definition) is 1. The summed E-state index contributed by atoms with van der Waals surface area (Å²) in [6, 6.07) is 7.56. The third-order valence-corrected chi connectivity index (χ3v) is 5.11. The van der Waals surface area contributed by atoms with Gasteiger partial charge in [0, 0.05) is 11.6 Å². The van der Waals surface area contributed by atoms with Gasteiger partial charge in [-0.3, -0.25) is 4.90 Å². The van der Waals surface area contributed by atoms with Gasteiger partial charge in [0.05, 0.1) is 20.2 Å². The van der Waals surface area contributed by atoms with Gasteiger partial charge in [0.15, 0.2) is 0 Å². The van der Waals surface area contributed by atoms with Gasteiger partial charge in [-0.25, -0.2) is 0 Å². The Morgan fingerprint density at radius 2 is 2.07 bits per heavy atom. The molecule has 2 aromatic rings. The maximum Gasteiger partial charge on any atom is 0.401 e. The molecule has 1 saturated heterocycles. The highest BCUT2D eigenvalue weighted by Gasteiger charge is 2.33. The molecule has 0 aliphatic carbocycles. The van der Waals surface area contributed by atoms with Crippen LogP contribution in [0.25, 0.3) is 11.4 Å². The number of alkyl halides is 3. The van der Waals surface area contributed by atoms with Gasteiger partial charge in [-0.2, -0.15) is 18.2 Å². The van der Waals surface area contributed by atoms with E-state index in [2.05, 4.69) is 15.5 Å². The molecule has 0 amide bonds. The Hall–Kier alpha value is -2.13. The minimum absolute atomic E-state index is 0.153. The largest absolute Gasteiger partial charge is 0.497 e. The number of aromatic nitrogens is 2. The summed E-state index contributed by atoms with van der Waals surface area (Å²) in [5.74, 6) is 2.00. The maximum absolute atomic E-state index is 12.5. The molecule has 1 unspecified atom stereocenters. The van der Waals surface area contributed by atoms with Gasteiger partial charge in [-0.15, -0.1) is 0 Å². The predicted molar refractivity (Wildman–Crippen MR) is 97.8 cm³/mol. The van der Waals surface area contributed by atoms with Crippen LogP contribution in [0.1, 0.15) is 25.7 Å². The van der Waals surface area contributed by atoms with Crippen molar-refractivity contribution in [2.45, 2.75) is 38.5 Å². The molecular weight excluding hydrogens is 373 g/mol. The quantitative estimate of drug-likeness (QED) is 0.770. The van der Waals surface area contributed by atoms with Crippen molar-refractivity contribution in [3.05, 3.63) is 30.2 Å². The number of ether oxygens (including phenoxy) is 1. The van der Waals surface area contributed by atoms with E-state index in [1.165, 1.54) is 4.90 Å². The topological polar surface area (TPSA) is 63.4 Å². The zero-order chi connectivity index (χ0) is 20.1. The summed E-state index contributed by atoms with van der Waals surface area (Å²) in [4.78, 5) is 5.87. The second-order valence-corrected chi connectivity index (χ2v) is 7.14. The number of halogens is 3. The van der Waals surface area contributed by atoms with Gasteiger partial charge in [0.25, 0.3) is 0 Å². The second-order valence-electron chi connectivity index (χ2n) is 7.14. The third-order valence-electron chi connectivity index (χ3n) is 5.11. The molecule has 0 radical (unpaired) electrons. The van der Waals surface area contributed by atoms with E-state index >= 15 is 0 Å². The molecule has 9 heteroatoms. The summed E-state index contributed by atoms with van der Waals surface area (Å²) in [6.45, 7) is 2.58. The smallest absolute Gasteiger partial charge is 0.401 e. The fraction of sp³-hybridized carbons (Fsp3) is 0.579. The first-order chi connectivity index (χ1) is 13.3. The minimum atomic E-state index is -4.13. The van der Waals surface area contributed by atoms with E-state index in [0.717, 1.165) is 18.4 Å². The van der Waals surface area contributed by atoms with Crippen molar-refractivity contribution < 1.29 is 22.4 Å². The zero-order valence-corrected chi connectivity index (χ0v) is 16.0. The van der Waals surface area contributed by atoms with E-state index in [4.69, 9.17) is 9.26 Å². The summed E-state index contributed by atoms with van der Waals surface area (Å²) in [7, 11) is 1.60. The van der Waals surface area contributed by atoms with Crippen LogP contribution in [-0.4, -0.2) is 54.0 Å². The number of methoxy groups -OCH3 is 1. The molecular formula is C19H25F3N4O2. The Labute approximate surface area is 162 Å². The summed E-state index contributed by atoms with van der Waals surface area (Å²) in [5.41, 5.74) is 0.805. The molecule has 28 heavy (non-hydrogen) atoms. The Balaban J connectivity index is 1.48. The van der Waals surface area contributed by atoms with E-state index in [1.807, 2.05) is 31.2 Å². The first kappa shape index (κ1) is 20.6. The predicted octanol–water partition coefficient (Wildman–Crippen LogP) is 3.50. The molecule has 3 rings (SSSR count). The van der Waals surface area contributed by atoms with E-state index in [1.54, 1.807) is 7.11 Å². The molecule has 0 saturated carbocycles. The van der Waals surface area contributed by atoms with E-state index in [-0.39, 0.29) is 6.04 Å². The molecule has 0 spiro atoms. The molecule has 2 heterocycles. The number of piperidine rings is 1. The average Bonchev–Trinajstić information content (AvgIpc) is 3.14. The normalized spacial score (nSPS) is 17.6. The lowest BCUT2D eigenvalue weighted by atomic mass is 9.90. The Kier molecular flexibility index (Phi) is 6.56. The number of hydrogen-bond acceptors (Lipinski definition) is 6. The molecule has 0 bridgehead atoms. The number of likely N-dealkylation sites (tertiary alicyclic amines) is 1. The van der Waals surface area contributed by atoms with Crippen LogP contribution in [0, 0.1) is 5.92 Å². The Morgan fingerprint density at radius 1 is 1.32 bits per heavy atom. The number of nitrogens with zero attached hydrogens (tertiary/aromatic N) is 3. The molecule has 154 valence electrons. The van der Waals surface area contributed by atoms with E-state index < -0.39 is 12.7 Å². The first-order valence-corrected chi connectivity index (χ1v) is 9.33. The number of benzene rings is 1. The van der Waals surface area contributed by atoms with Crippen molar-refractivity contribution in [2.75, 3.05) is 26.7 Å². The summed E-state index contributed by atoms with van der Waals surface area (Å²) < 4.78 is 48.0. The molecule has 1 aromatic heterocycles. The van der Waals surface area contributed by atoms with Crippen molar-refractivity contribution in [1.82, 2.24) is 20.4 Å². The zero-order valence-electron chi connectivity index (χ0n) is 16.0. The minimum Gasteiger partial charge on any atom is -0.497 e. The van der Waals surface area contributed by atoms with Gasteiger partial charge < -0.3 is 14.6 Å². The highest BCUT2D eigenvalue weighted by molar-refractivity contribution is 5.56. The van der Waals surface area contributed by atoms with Crippen molar-refractivity contribution >= 4 is 0 Å². The van der Waals surface area contributed by atoms with Crippen molar-refractivity contribution in [2.24, 2.45) is 5.92 Å². The number of rotatable bonds is 7. The van der Waals surface area contributed by atoms with Crippen LogP contribution in [0.15, 0.2) is 28.8 Å². The van der Waals surface area contributed by atoms with E-state index in [0.29, 0.717) is 43.0 Å². The van der Waals surface area contributed by atoms with Crippen LogP contribution in [-0.2, 0) is 6.54 Å². The third kappa shape index (κ3) is 5.68. The second kappa shape index (κ2) is 8.91. The Morgan fingerprint density at radius 3 is 2.75 bits per heavy atom. The van der Waals surface area contributed by atoms with Crippen LogP contribution in [0.5, 0.6) is 5.75 Å². The van der Waals surface area contributed by atoms with Crippen molar-refractivity contribution in [3.8, 4) is 17.1 Å². The van der Waals surface area contributed by atoms with Crippen LogP contribution in [0.2, 0.25) is 0 Å². The van der Waals surface area contributed by atoms with Gasteiger partial charge in [0.1, 0.15) is 5.75 Å². The molecule has 1 N–H and O–H groups in total. The van der Waals surface area contributed by atoms with Crippen molar-refractivity contribution in [3.63, 3.8) is 0 Å². The molecule has 1 aromatic carbocycles. The van der Waals surface area contributed by atoms with Crippen molar-refractivity contribution in [1.29, 1.82) is 0 Å². The summed E-state index contributed by atoms with van der Waals surface area (Å²) in [6.07, 6.45) is -2.65. The lowest BCUT2D eigenvalue weighted by Crippen LogP contribution is -2.44. The van der Waals surface area contributed by atoms with Gasteiger partial charge in [-0.05, 0) is 50.9 Å². The number of nitrogens with one attached hydrogen (secondary N) is 1. The first-order valence-electron chi connectivity index (χ1n) is 9.33. The molecule has 1 aliphatic heterocycles. The highest BCUT2D eigenvalue weighted by atomic mass is 19.4. The summed E-state index contributed by atoms with van der Waals surface area (Å²) in [5, 5.41) is 7.36. The van der Waals surface area contributed by atoms with Crippen LogP contribution >= 0.6 is 0 Å². The van der Waals surface area contributed by atoms with Gasteiger partial charge in [0.2, 0.25) is 11.7 Å². The Bertz CT molecular complexity index is 758. The van der Waals surface area contributed by atoms with E-state index in [9.17, 15) is 13.2 Å². The maximum atomic E-state index is 12.5. The van der Waals surface area contributed by atoms with Gasteiger partial charge >= 0.3 is 6.18 Å². The van der Waals surface area contributed by atoms with Gasteiger partial charge in [-0.1, -0.05) is 17.3 Å².